The van der Waals surface area contributed by atoms with E-state index in [9.17, 15) is 4.79 Å². The molecule has 6 nitrogen and oxygen atoms in total. The first-order chi connectivity index (χ1) is 18.9. The lowest BCUT2D eigenvalue weighted by atomic mass is 10.0. The number of hydrogen-bond acceptors (Lipinski definition) is 5. The van der Waals surface area contributed by atoms with E-state index in [0.29, 0.717) is 47.8 Å². The van der Waals surface area contributed by atoms with Crippen LogP contribution >= 0.6 is 11.6 Å². The Bertz CT molecular complexity index is 1440. The van der Waals surface area contributed by atoms with Gasteiger partial charge in [0.05, 0.1) is 28.8 Å². The predicted molar refractivity (Wildman–Crippen MR) is 155 cm³/mol. The Hall–Kier alpha value is -3.89. The van der Waals surface area contributed by atoms with Crippen molar-refractivity contribution in [3.63, 3.8) is 0 Å². The van der Waals surface area contributed by atoms with Crippen molar-refractivity contribution in [1.82, 2.24) is 10.6 Å². The lowest BCUT2D eigenvalue weighted by Crippen LogP contribution is -2.38. The number of halogens is 1. The number of amides is 1. The van der Waals surface area contributed by atoms with E-state index >= 15 is 0 Å². The minimum Gasteiger partial charge on any atom is -0.460 e. The van der Waals surface area contributed by atoms with Crippen molar-refractivity contribution in [3.05, 3.63) is 117 Å². The summed E-state index contributed by atoms with van der Waals surface area (Å²) in [6, 6.07) is 27.1. The normalized spacial score (nSPS) is 12.5. The molecule has 2 atom stereocenters. The maximum atomic E-state index is 13.2. The second kappa shape index (κ2) is 13.3. The number of nitriles is 1. The number of carbonyl (C=O) groups is 1. The third-order valence-electron chi connectivity index (χ3n) is 6.73. The Morgan fingerprint density at radius 1 is 1.05 bits per heavy atom. The minimum absolute atomic E-state index is 0.174. The van der Waals surface area contributed by atoms with Gasteiger partial charge in [0.15, 0.2) is 0 Å². The zero-order valence-electron chi connectivity index (χ0n) is 22.2. The fourth-order valence-electron chi connectivity index (χ4n) is 4.40. The molecule has 0 spiro atoms. The van der Waals surface area contributed by atoms with Gasteiger partial charge in [-0.05, 0) is 86.8 Å². The van der Waals surface area contributed by atoms with Crippen molar-refractivity contribution >= 4 is 17.5 Å². The number of aryl methyl sites for hydroxylation is 1. The molecule has 0 unspecified atom stereocenters. The molecule has 1 amide bonds. The van der Waals surface area contributed by atoms with Crippen LogP contribution in [0.15, 0.2) is 83.3 Å². The Labute approximate surface area is 234 Å². The van der Waals surface area contributed by atoms with Gasteiger partial charge in [-0.15, -0.1) is 0 Å². The average Bonchev–Trinajstić information content (AvgIpc) is 3.42. The number of rotatable bonds is 11. The van der Waals surface area contributed by atoms with E-state index in [1.807, 2.05) is 30.3 Å². The minimum atomic E-state index is -0.269. The molecule has 1 heterocycles. The van der Waals surface area contributed by atoms with Crippen LogP contribution in [0.3, 0.4) is 0 Å². The van der Waals surface area contributed by atoms with Crippen LogP contribution in [0.2, 0.25) is 5.02 Å². The highest BCUT2D eigenvalue weighted by atomic mass is 35.5. The number of carbonyl (C=O) groups excluding carboxylic acids is 1. The van der Waals surface area contributed by atoms with Crippen molar-refractivity contribution in [2.45, 2.75) is 45.3 Å². The highest BCUT2D eigenvalue weighted by Gasteiger charge is 2.18. The quantitative estimate of drug-likeness (QED) is 0.206. The molecule has 200 valence electrons. The molecule has 1 aromatic heterocycles. The van der Waals surface area contributed by atoms with Crippen LogP contribution < -0.4 is 16.4 Å². The zero-order valence-corrected chi connectivity index (χ0v) is 23.0. The summed E-state index contributed by atoms with van der Waals surface area (Å²) in [6.07, 6.45) is 1.21. The van der Waals surface area contributed by atoms with Gasteiger partial charge in [-0.25, -0.2) is 0 Å². The van der Waals surface area contributed by atoms with Crippen molar-refractivity contribution < 1.29 is 9.21 Å². The van der Waals surface area contributed by atoms with E-state index in [1.165, 1.54) is 11.1 Å². The first-order valence-electron chi connectivity index (χ1n) is 13.0. The highest BCUT2D eigenvalue weighted by molar-refractivity contribution is 6.34. The molecule has 39 heavy (non-hydrogen) atoms. The molecule has 7 heteroatoms. The van der Waals surface area contributed by atoms with Crippen LogP contribution in [0, 0.1) is 18.3 Å². The standard InChI is InChI=1S/C32H33ClN4O2/c1-21-3-9-25(10-4-21)22(2)36-20-28-12-14-31(39-28)26-11-13-30(33)29(18-26)32(38)37-27(15-16-34)17-23-5-7-24(19-35)8-6-23/h3-14,18,22,27,36H,15-17,20,34H2,1-2H3,(H,37,38)/t22-,27+/m1/s1. The molecule has 0 aliphatic heterocycles. The van der Waals surface area contributed by atoms with Gasteiger partial charge in [0, 0.05) is 17.6 Å². The Morgan fingerprint density at radius 3 is 2.49 bits per heavy atom. The molecule has 0 aliphatic carbocycles. The van der Waals surface area contributed by atoms with Crippen LogP contribution in [0.1, 0.15) is 57.8 Å². The summed E-state index contributed by atoms with van der Waals surface area (Å²) in [5.74, 6) is 1.20. The number of nitrogens with two attached hydrogens (primary N) is 1. The molecule has 0 saturated heterocycles. The number of nitrogens with one attached hydrogen (secondary N) is 2. The van der Waals surface area contributed by atoms with Gasteiger partial charge in [0.25, 0.3) is 5.91 Å². The van der Waals surface area contributed by atoms with E-state index < -0.39 is 0 Å². The summed E-state index contributed by atoms with van der Waals surface area (Å²) in [4.78, 5) is 13.2. The molecule has 0 bridgehead atoms. The SMILES string of the molecule is Cc1ccc([C@@H](C)NCc2ccc(-c3ccc(Cl)c(C(=O)N[C@@H](CCN)Cc4ccc(C#N)cc4)c3)o2)cc1. The Balaban J connectivity index is 1.42. The molecule has 0 radical (unpaired) electrons. The summed E-state index contributed by atoms with van der Waals surface area (Å²) in [6.45, 7) is 5.21. The van der Waals surface area contributed by atoms with Gasteiger partial charge in [-0.1, -0.05) is 53.6 Å². The van der Waals surface area contributed by atoms with Gasteiger partial charge in [-0.3, -0.25) is 4.79 Å². The summed E-state index contributed by atoms with van der Waals surface area (Å²) in [5, 5.41) is 16.0. The topological polar surface area (TPSA) is 104 Å². The van der Waals surface area contributed by atoms with Gasteiger partial charge in [0.2, 0.25) is 0 Å². The van der Waals surface area contributed by atoms with Gasteiger partial charge < -0.3 is 20.8 Å². The van der Waals surface area contributed by atoms with Gasteiger partial charge in [0.1, 0.15) is 11.5 Å². The molecule has 4 rings (SSSR count). The lowest BCUT2D eigenvalue weighted by Gasteiger charge is -2.19. The summed E-state index contributed by atoms with van der Waals surface area (Å²) in [7, 11) is 0. The molecule has 4 N–H and O–H groups in total. The molecular formula is C32H33ClN4O2. The predicted octanol–water partition coefficient (Wildman–Crippen LogP) is 6.32. The summed E-state index contributed by atoms with van der Waals surface area (Å²) in [5.41, 5.74) is 11.0. The molecular weight excluding hydrogens is 508 g/mol. The number of furan rings is 1. The smallest absolute Gasteiger partial charge is 0.253 e. The van der Waals surface area contributed by atoms with E-state index in [-0.39, 0.29) is 18.0 Å². The van der Waals surface area contributed by atoms with Crippen molar-refractivity contribution in [1.29, 1.82) is 5.26 Å². The average molecular weight is 541 g/mol. The van der Waals surface area contributed by atoms with Crippen molar-refractivity contribution in [2.24, 2.45) is 5.73 Å². The Kier molecular flexibility index (Phi) is 9.56. The van der Waals surface area contributed by atoms with E-state index in [2.05, 4.69) is 54.8 Å². The van der Waals surface area contributed by atoms with Crippen molar-refractivity contribution in [3.8, 4) is 17.4 Å². The number of hydrogen-bond donors (Lipinski definition) is 3. The fraction of sp³-hybridized carbons (Fsp3) is 0.250. The molecule has 0 fully saturated rings. The maximum absolute atomic E-state index is 13.2. The van der Waals surface area contributed by atoms with Crippen LogP contribution in [0.5, 0.6) is 0 Å². The third kappa shape index (κ3) is 7.58. The van der Waals surface area contributed by atoms with Gasteiger partial charge >= 0.3 is 0 Å². The molecule has 0 saturated carbocycles. The third-order valence-corrected chi connectivity index (χ3v) is 7.06. The van der Waals surface area contributed by atoms with E-state index in [0.717, 1.165) is 16.9 Å². The maximum Gasteiger partial charge on any atom is 0.253 e. The van der Waals surface area contributed by atoms with Crippen LogP contribution in [0.4, 0.5) is 0 Å². The highest BCUT2D eigenvalue weighted by Crippen LogP contribution is 2.27. The van der Waals surface area contributed by atoms with Gasteiger partial charge in [-0.2, -0.15) is 5.26 Å². The van der Waals surface area contributed by atoms with Crippen LogP contribution in [0.25, 0.3) is 11.3 Å². The van der Waals surface area contributed by atoms with Crippen LogP contribution in [-0.4, -0.2) is 18.5 Å². The molecule has 4 aromatic rings. The Morgan fingerprint density at radius 2 is 1.79 bits per heavy atom. The largest absolute Gasteiger partial charge is 0.460 e. The van der Waals surface area contributed by atoms with Crippen molar-refractivity contribution in [2.75, 3.05) is 6.54 Å². The summed E-state index contributed by atoms with van der Waals surface area (Å²) >= 11 is 6.43. The first kappa shape index (κ1) is 28.1. The summed E-state index contributed by atoms with van der Waals surface area (Å²) < 4.78 is 6.09. The number of benzene rings is 3. The first-order valence-corrected chi connectivity index (χ1v) is 13.4. The fourth-order valence-corrected chi connectivity index (χ4v) is 4.60. The second-order valence-electron chi connectivity index (χ2n) is 9.73. The van der Waals surface area contributed by atoms with Crippen LogP contribution in [-0.2, 0) is 13.0 Å². The van der Waals surface area contributed by atoms with E-state index in [4.69, 9.17) is 27.0 Å². The second-order valence-corrected chi connectivity index (χ2v) is 10.1. The lowest BCUT2D eigenvalue weighted by molar-refractivity contribution is 0.0935. The molecule has 0 aliphatic rings. The molecule has 3 aromatic carbocycles. The van der Waals surface area contributed by atoms with E-state index in [1.54, 1.807) is 24.3 Å². The zero-order chi connectivity index (χ0) is 27.8. The number of nitrogens with zero attached hydrogens (tertiary/aromatic N) is 1. The monoisotopic (exact) mass is 540 g/mol.